The van der Waals surface area contributed by atoms with E-state index in [0.29, 0.717) is 5.92 Å². The van der Waals surface area contributed by atoms with Crippen molar-refractivity contribution in [1.29, 1.82) is 0 Å². The van der Waals surface area contributed by atoms with E-state index in [0.717, 1.165) is 5.75 Å². The molecule has 0 radical (unpaired) electrons. The number of rotatable bonds is 4. The summed E-state index contributed by atoms with van der Waals surface area (Å²) in [5.74, 6) is 1.59. The first-order valence-corrected chi connectivity index (χ1v) is 6.69. The highest BCUT2D eigenvalue weighted by Gasteiger charge is 2.25. The van der Waals surface area contributed by atoms with Crippen LogP contribution in [0.1, 0.15) is 51.1 Å². The minimum absolute atomic E-state index is 0. The summed E-state index contributed by atoms with van der Waals surface area (Å²) in [5.41, 5.74) is 7.57. The van der Waals surface area contributed by atoms with Crippen LogP contribution in [0, 0.1) is 5.92 Å². The Morgan fingerprint density at radius 3 is 2.39 bits per heavy atom. The van der Waals surface area contributed by atoms with Gasteiger partial charge in [-0.25, -0.2) is 0 Å². The summed E-state index contributed by atoms with van der Waals surface area (Å²) in [6.07, 6.45) is 5.37. The van der Waals surface area contributed by atoms with E-state index in [2.05, 4.69) is 26.0 Å². The van der Waals surface area contributed by atoms with Gasteiger partial charge >= 0.3 is 0 Å². The van der Waals surface area contributed by atoms with Gasteiger partial charge in [0.15, 0.2) is 0 Å². The maximum atomic E-state index is 6.40. The van der Waals surface area contributed by atoms with Crippen LogP contribution >= 0.6 is 12.4 Å². The van der Waals surface area contributed by atoms with Crippen LogP contribution in [0.15, 0.2) is 24.3 Å². The van der Waals surface area contributed by atoms with Crippen LogP contribution in [-0.4, -0.2) is 6.10 Å². The second-order valence-corrected chi connectivity index (χ2v) is 5.27. The van der Waals surface area contributed by atoms with Crippen molar-refractivity contribution in [3.63, 3.8) is 0 Å². The van der Waals surface area contributed by atoms with Crippen LogP contribution in [0.3, 0.4) is 0 Å². The molecule has 1 saturated carbocycles. The number of para-hydroxylation sites is 1. The largest absolute Gasteiger partial charge is 0.491 e. The molecule has 0 saturated heterocycles. The summed E-state index contributed by atoms with van der Waals surface area (Å²) >= 11 is 0. The van der Waals surface area contributed by atoms with Crippen molar-refractivity contribution in [2.24, 2.45) is 11.7 Å². The number of benzene rings is 1. The van der Waals surface area contributed by atoms with Gasteiger partial charge in [0.05, 0.1) is 6.10 Å². The SMILES string of the molecule is CC(C)Oc1ccccc1[C@H](N)C1CCCC1.Cl. The first kappa shape index (κ1) is 15.3. The van der Waals surface area contributed by atoms with E-state index in [9.17, 15) is 0 Å². The van der Waals surface area contributed by atoms with Gasteiger partial charge < -0.3 is 10.5 Å². The summed E-state index contributed by atoms with van der Waals surface area (Å²) in [6, 6.07) is 8.34. The fraction of sp³-hybridized carbons (Fsp3) is 0.600. The van der Waals surface area contributed by atoms with Crippen LogP contribution in [0.5, 0.6) is 5.75 Å². The summed E-state index contributed by atoms with van der Waals surface area (Å²) in [7, 11) is 0. The molecule has 0 unspecified atom stereocenters. The monoisotopic (exact) mass is 269 g/mol. The molecule has 0 amide bonds. The van der Waals surface area contributed by atoms with Crippen molar-refractivity contribution < 1.29 is 4.74 Å². The molecule has 0 bridgehead atoms. The third-order valence-electron chi connectivity index (χ3n) is 3.55. The second kappa shape index (κ2) is 7.01. The smallest absolute Gasteiger partial charge is 0.124 e. The first-order chi connectivity index (χ1) is 8.18. The zero-order chi connectivity index (χ0) is 12.3. The summed E-state index contributed by atoms with van der Waals surface area (Å²) in [5, 5.41) is 0. The lowest BCUT2D eigenvalue weighted by molar-refractivity contribution is 0.236. The van der Waals surface area contributed by atoms with Crippen molar-refractivity contribution in [1.82, 2.24) is 0 Å². The van der Waals surface area contributed by atoms with Crippen LogP contribution in [-0.2, 0) is 0 Å². The average molecular weight is 270 g/mol. The number of hydrogen-bond acceptors (Lipinski definition) is 2. The zero-order valence-corrected chi connectivity index (χ0v) is 12.1. The number of halogens is 1. The van der Waals surface area contributed by atoms with Crippen molar-refractivity contribution >= 4 is 12.4 Å². The Balaban J connectivity index is 0.00000162. The quantitative estimate of drug-likeness (QED) is 0.894. The fourth-order valence-electron chi connectivity index (χ4n) is 2.69. The molecule has 2 rings (SSSR count). The minimum Gasteiger partial charge on any atom is -0.491 e. The van der Waals surface area contributed by atoms with Crippen LogP contribution in [0.4, 0.5) is 0 Å². The standard InChI is InChI=1S/C15H23NO.ClH/c1-11(2)17-14-10-6-5-9-13(14)15(16)12-7-3-4-8-12;/h5-6,9-12,15H,3-4,7-8,16H2,1-2H3;1H/t15-;/m1./s1. The summed E-state index contributed by atoms with van der Waals surface area (Å²) < 4.78 is 5.85. The second-order valence-electron chi connectivity index (χ2n) is 5.27. The molecule has 2 nitrogen and oxygen atoms in total. The number of hydrogen-bond donors (Lipinski definition) is 1. The lowest BCUT2D eigenvalue weighted by atomic mass is 9.92. The van der Waals surface area contributed by atoms with Crippen molar-refractivity contribution in [3.8, 4) is 5.75 Å². The molecule has 1 atom stereocenters. The molecule has 1 aromatic rings. The molecule has 0 aliphatic heterocycles. The molecular formula is C15H24ClNO. The highest BCUT2D eigenvalue weighted by atomic mass is 35.5. The molecular weight excluding hydrogens is 246 g/mol. The van der Waals surface area contributed by atoms with E-state index in [1.807, 2.05) is 12.1 Å². The topological polar surface area (TPSA) is 35.2 Å². The first-order valence-electron chi connectivity index (χ1n) is 6.69. The van der Waals surface area contributed by atoms with Gasteiger partial charge in [-0.15, -0.1) is 12.4 Å². The zero-order valence-electron chi connectivity index (χ0n) is 11.3. The van der Waals surface area contributed by atoms with E-state index >= 15 is 0 Å². The summed E-state index contributed by atoms with van der Waals surface area (Å²) in [6.45, 7) is 4.11. The average Bonchev–Trinajstić information content (AvgIpc) is 2.81. The Hall–Kier alpha value is -0.730. The third kappa shape index (κ3) is 3.63. The number of ether oxygens (including phenoxy) is 1. The number of nitrogens with two attached hydrogens (primary N) is 1. The molecule has 0 heterocycles. The third-order valence-corrected chi connectivity index (χ3v) is 3.55. The minimum atomic E-state index is 0. The van der Waals surface area contributed by atoms with Crippen LogP contribution < -0.4 is 10.5 Å². The van der Waals surface area contributed by atoms with Crippen molar-refractivity contribution in [2.45, 2.75) is 51.7 Å². The molecule has 0 spiro atoms. The van der Waals surface area contributed by atoms with E-state index in [4.69, 9.17) is 10.5 Å². The molecule has 3 heteroatoms. The predicted molar refractivity (Wildman–Crippen MR) is 78.3 cm³/mol. The summed E-state index contributed by atoms with van der Waals surface area (Å²) in [4.78, 5) is 0. The highest BCUT2D eigenvalue weighted by molar-refractivity contribution is 5.85. The Bertz CT molecular complexity index is 361. The van der Waals surface area contributed by atoms with Gasteiger partial charge in [-0.05, 0) is 38.7 Å². The van der Waals surface area contributed by atoms with E-state index < -0.39 is 0 Å². The maximum absolute atomic E-state index is 6.40. The normalized spacial score (nSPS) is 17.6. The van der Waals surface area contributed by atoms with Crippen LogP contribution in [0.25, 0.3) is 0 Å². The van der Waals surface area contributed by atoms with Gasteiger partial charge in [-0.1, -0.05) is 31.0 Å². The van der Waals surface area contributed by atoms with Crippen LogP contribution in [0.2, 0.25) is 0 Å². The highest BCUT2D eigenvalue weighted by Crippen LogP contribution is 2.37. The molecule has 2 N–H and O–H groups in total. The van der Waals surface area contributed by atoms with Gasteiger partial charge in [-0.3, -0.25) is 0 Å². The van der Waals surface area contributed by atoms with Gasteiger partial charge in [-0.2, -0.15) is 0 Å². The van der Waals surface area contributed by atoms with E-state index in [-0.39, 0.29) is 24.6 Å². The molecule has 1 aliphatic rings. The van der Waals surface area contributed by atoms with Crippen molar-refractivity contribution in [2.75, 3.05) is 0 Å². The lowest BCUT2D eigenvalue weighted by Crippen LogP contribution is -2.20. The Morgan fingerprint density at radius 1 is 1.17 bits per heavy atom. The predicted octanol–water partition coefficient (Wildman–Crippen LogP) is 4.09. The van der Waals surface area contributed by atoms with Gasteiger partial charge in [0.25, 0.3) is 0 Å². The fourth-order valence-corrected chi connectivity index (χ4v) is 2.69. The van der Waals surface area contributed by atoms with Gasteiger partial charge in [0.2, 0.25) is 0 Å². The Kier molecular flexibility index (Phi) is 5.97. The van der Waals surface area contributed by atoms with Crippen molar-refractivity contribution in [3.05, 3.63) is 29.8 Å². The Morgan fingerprint density at radius 2 is 1.78 bits per heavy atom. The molecule has 18 heavy (non-hydrogen) atoms. The molecule has 102 valence electrons. The lowest BCUT2D eigenvalue weighted by Gasteiger charge is -2.23. The molecule has 1 aliphatic carbocycles. The maximum Gasteiger partial charge on any atom is 0.124 e. The Labute approximate surface area is 116 Å². The molecule has 1 fully saturated rings. The molecule has 1 aromatic carbocycles. The van der Waals surface area contributed by atoms with E-state index in [1.165, 1.54) is 31.2 Å². The van der Waals surface area contributed by atoms with E-state index in [1.54, 1.807) is 0 Å². The molecule has 0 aromatic heterocycles. The van der Waals surface area contributed by atoms with Gasteiger partial charge in [0.1, 0.15) is 5.75 Å². The van der Waals surface area contributed by atoms with Gasteiger partial charge in [0, 0.05) is 11.6 Å².